The third kappa shape index (κ3) is 6.32. The molecule has 0 fully saturated rings. The van der Waals surface area contributed by atoms with E-state index in [9.17, 15) is 0 Å². The van der Waals surface area contributed by atoms with Crippen LogP contribution in [0.5, 0.6) is 0 Å². The summed E-state index contributed by atoms with van der Waals surface area (Å²) in [5.41, 5.74) is 0. The van der Waals surface area contributed by atoms with E-state index in [2.05, 4.69) is 12.2 Å². The zero-order chi connectivity index (χ0) is 12.5. The van der Waals surface area contributed by atoms with Gasteiger partial charge in [-0.05, 0) is 43.7 Å². The Labute approximate surface area is 113 Å². The highest BCUT2D eigenvalue weighted by molar-refractivity contribution is 7.99. The lowest BCUT2D eigenvalue weighted by atomic mass is 10.2. The zero-order valence-corrected chi connectivity index (χ0v) is 11.7. The van der Waals surface area contributed by atoms with Crippen molar-refractivity contribution < 1.29 is 5.11 Å². The summed E-state index contributed by atoms with van der Waals surface area (Å²) in [6.07, 6.45) is 1.92. The first-order valence-electron chi connectivity index (χ1n) is 5.99. The van der Waals surface area contributed by atoms with E-state index < -0.39 is 0 Å². The minimum atomic E-state index is 0.258. The van der Waals surface area contributed by atoms with Crippen LogP contribution in [-0.2, 0) is 0 Å². The van der Waals surface area contributed by atoms with Gasteiger partial charge in [-0.1, -0.05) is 18.5 Å². The number of halogens is 1. The Morgan fingerprint density at radius 1 is 1.35 bits per heavy atom. The van der Waals surface area contributed by atoms with Gasteiger partial charge in [-0.3, -0.25) is 0 Å². The third-order valence-electron chi connectivity index (χ3n) is 2.53. The molecule has 0 heterocycles. The monoisotopic (exact) mass is 273 g/mol. The molecule has 0 bridgehead atoms. The second-order valence-electron chi connectivity index (χ2n) is 3.90. The van der Waals surface area contributed by atoms with Crippen LogP contribution in [0, 0.1) is 0 Å². The predicted molar refractivity (Wildman–Crippen MR) is 76.0 cm³/mol. The van der Waals surface area contributed by atoms with Crippen molar-refractivity contribution in [2.75, 3.05) is 18.9 Å². The van der Waals surface area contributed by atoms with Crippen LogP contribution < -0.4 is 5.32 Å². The van der Waals surface area contributed by atoms with E-state index in [0.717, 1.165) is 30.2 Å². The van der Waals surface area contributed by atoms with Gasteiger partial charge in [0.05, 0.1) is 0 Å². The summed E-state index contributed by atoms with van der Waals surface area (Å²) in [5.74, 6) is 1.05. The predicted octanol–water partition coefficient (Wildman–Crippen LogP) is 3.18. The van der Waals surface area contributed by atoms with Gasteiger partial charge in [0.1, 0.15) is 0 Å². The fourth-order valence-corrected chi connectivity index (χ4v) is 2.64. The molecule has 0 saturated carbocycles. The Morgan fingerprint density at radius 2 is 2.06 bits per heavy atom. The highest BCUT2D eigenvalue weighted by Gasteiger charge is 2.05. The number of rotatable bonds is 8. The molecule has 0 aliphatic carbocycles. The van der Waals surface area contributed by atoms with Gasteiger partial charge in [0.2, 0.25) is 0 Å². The molecule has 1 atom stereocenters. The first-order chi connectivity index (χ1) is 8.26. The highest BCUT2D eigenvalue weighted by Crippen LogP contribution is 2.21. The van der Waals surface area contributed by atoms with Gasteiger partial charge in [-0.15, -0.1) is 11.8 Å². The van der Waals surface area contributed by atoms with Crippen molar-refractivity contribution in [3.05, 3.63) is 29.3 Å². The number of hydrogen-bond acceptors (Lipinski definition) is 3. The number of aliphatic hydroxyl groups excluding tert-OH is 1. The Kier molecular flexibility index (Phi) is 7.69. The maximum Gasteiger partial charge on any atom is 0.0443 e. The van der Waals surface area contributed by atoms with Gasteiger partial charge in [-0.25, -0.2) is 0 Å². The van der Waals surface area contributed by atoms with E-state index in [-0.39, 0.29) is 6.61 Å². The molecule has 0 spiro atoms. The van der Waals surface area contributed by atoms with E-state index in [1.165, 1.54) is 4.90 Å². The first-order valence-corrected chi connectivity index (χ1v) is 7.35. The van der Waals surface area contributed by atoms with Crippen molar-refractivity contribution >= 4 is 23.4 Å². The van der Waals surface area contributed by atoms with Crippen molar-refractivity contribution in [3.63, 3.8) is 0 Å². The van der Waals surface area contributed by atoms with Crippen LogP contribution in [0.25, 0.3) is 0 Å². The standard InChI is InChI=1S/C13H20ClNOS/c1-2-12(15-8-3-9-16)10-17-13-6-4-11(14)5-7-13/h4-7,12,15-16H,2-3,8-10H2,1H3. The van der Waals surface area contributed by atoms with Crippen molar-refractivity contribution in [3.8, 4) is 0 Å². The van der Waals surface area contributed by atoms with E-state index in [1.807, 2.05) is 36.0 Å². The molecule has 1 unspecified atom stereocenters. The molecule has 0 saturated heterocycles. The Balaban J connectivity index is 2.29. The summed E-state index contributed by atoms with van der Waals surface area (Å²) >= 11 is 7.68. The van der Waals surface area contributed by atoms with Gasteiger partial charge in [0.25, 0.3) is 0 Å². The largest absolute Gasteiger partial charge is 0.396 e. The van der Waals surface area contributed by atoms with Gasteiger partial charge < -0.3 is 10.4 Å². The van der Waals surface area contributed by atoms with Crippen LogP contribution in [0.4, 0.5) is 0 Å². The fraction of sp³-hybridized carbons (Fsp3) is 0.538. The van der Waals surface area contributed by atoms with E-state index in [0.29, 0.717) is 6.04 Å². The highest BCUT2D eigenvalue weighted by atomic mass is 35.5. The number of aliphatic hydroxyl groups is 1. The summed E-state index contributed by atoms with van der Waals surface area (Å²) in [6, 6.07) is 8.44. The molecule has 17 heavy (non-hydrogen) atoms. The van der Waals surface area contributed by atoms with Crippen LogP contribution in [-0.4, -0.2) is 30.1 Å². The third-order valence-corrected chi connectivity index (χ3v) is 3.95. The average Bonchev–Trinajstić information content (AvgIpc) is 2.35. The van der Waals surface area contributed by atoms with E-state index >= 15 is 0 Å². The van der Waals surface area contributed by atoms with Gasteiger partial charge in [0, 0.05) is 28.3 Å². The minimum absolute atomic E-state index is 0.258. The van der Waals surface area contributed by atoms with Crippen LogP contribution in [0.3, 0.4) is 0 Å². The lowest BCUT2D eigenvalue weighted by Crippen LogP contribution is -2.31. The van der Waals surface area contributed by atoms with Gasteiger partial charge in [0.15, 0.2) is 0 Å². The number of benzene rings is 1. The van der Waals surface area contributed by atoms with E-state index in [4.69, 9.17) is 16.7 Å². The fourth-order valence-electron chi connectivity index (χ4n) is 1.43. The Hall–Kier alpha value is -0.220. The number of hydrogen-bond donors (Lipinski definition) is 2. The van der Waals surface area contributed by atoms with Crippen molar-refractivity contribution in [2.24, 2.45) is 0 Å². The summed E-state index contributed by atoms with van der Waals surface area (Å²) in [4.78, 5) is 1.25. The molecule has 2 nitrogen and oxygen atoms in total. The van der Waals surface area contributed by atoms with Gasteiger partial charge in [-0.2, -0.15) is 0 Å². The Bertz CT molecular complexity index is 305. The summed E-state index contributed by atoms with van der Waals surface area (Å²) < 4.78 is 0. The molecule has 4 heteroatoms. The summed E-state index contributed by atoms with van der Waals surface area (Å²) in [6.45, 7) is 3.32. The smallest absolute Gasteiger partial charge is 0.0443 e. The summed E-state index contributed by atoms with van der Waals surface area (Å²) in [7, 11) is 0. The van der Waals surface area contributed by atoms with Crippen LogP contribution in [0.2, 0.25) is 5.02 Å². The van der Waals surface area contributed by atoms with Crippen LogP contribution in [0.15, 0.2) is 29.2 Å². The molecular weight excluding hydrogens is 254 g/mol. The maximum absolute atomic E-state index is 8.73. The van der Waals surface area contributed by atoms with E-state index in [1.54, 1.807) is 0 Å². The van der Waals surface area contributed by atoms with Crippen molar-refractivity contribution in [1.29, 1.82) is 0 Å². The second kappa shape index (κ2) is 8.81. The lowest BCUT2D eigenvalue weighted by Gasteiger charge is -2.16. The minimum Gasteiger partial charge on any atom is -0.396 e. The molecule has 1 aromatic carbocycles. The molecule has 2 N–H and O–H groups in total. The quantitative estimate of drug-likeness (QED) is 0.564. The molecule has 0 aliphatic heterocycles. The SMILES string of the molecule is CCC(CSc1ccc(Cl)cc1)NCCCO. The van der Waals surface area contributed by atoms with Crippen LogP contribution in [0.1, 0.15) is 19.8 Å². The molecule has 0 aromatic heterocycles. The molecule has 0 aliphatic rings. The molecule has 1 aromatic rings. The average molecular weight is 274 g/mol. The topological polar surface area (TPSA) is 32.3 Å². The number of thioether (sulfide) groups is 1. The summed E-state index contributed by atoms with van der Waals surface area (Å²) in [5, 5.41) is 13.0. The molecular formula is C13H20ClNOS. The van der Waals surface area contributed by atoms with Crippen molar-refractivity contribution in [2.45, 2.75) is 30.7 Å². The Morgan fingerprint density at radius 3 is 2.65 bits per heavy atom. The second-order valence-corrected chi connectivity index (χ2v) is 5.43. The lowest BCUT2D eigenvalue weighted by molar-refractivity contribution is 0.283. The zero-order valence-electron chi connectivity index (χ0n) is 10.2. The van der Waals surface area contributed by atoms with Crippen molar-refractivity contribution in [1.82, 2.24) is 5.32 Å². The first kappa shape index (κ1) is 14.8. The molecule has 1 rings (SSSR count). The number of nitrogens with one attached hydrogen (secondary N) is 1. The van der Waals surface area contributed by atoms with Crippen LogP contribution >= 0.6 is 23.4 Å². The maximum atomic E-state index is 8.73. The van der Waals surface area contributed by atoms with Gasteiger partial charge >= 0.3 is 0 Å². The molecule has 0 amide bonds. The molecule has 96 valence electrons. The normalized spacial score (nSPS) is 12.6. The molecule has 0 radical (unpaired) electrons.